The fraction of sp³-hybridized carbons (Fsp3) is 0.308. The van der Waals surface area contributed by atoms with E-state index in [1.54, 1.807) is 0 Å². The first kappa shape index (κ1) is 9.79. The summed E-state index contributed by atoms with van der Waals surface area (Å²) in [6.45, 7) is 5.81. The SMILES string of the molecule is C#Cc1cc2c(cc1C)C(C)(C)C(=O)N2. The molecule has 2 heteroatoms. The Balaban J connectivity index is 2.68. The van der Waals surface area contributed by atoms with E-state index in [9.17, 15) is 4.79 Å². The highest BCUT2D eigenvalue weighted by Gasteiger charge is 2.38. The number of anilines is 1. The zero-order valence-corrected chi connectivity index (χ0v) is 9.14. The maximum Gasteiger partial charge on any atom is 0.234 e. The molecule has 0 saturated heterocycles. The Hall–Kier alpha value is -1.75. The molecule has 0 spiro atoms. The number of rotatable bonds is 0. The molecule has 1 amide bonds. The minimum absolute atomic E-state index is 0.0334. The van der Waals surface area contributed by atoms with Crippen LogP contribution in [0.5, 0.6) is 0 Å². The third-order valence-corrected chi connectivity index (χ3v) is 3.01. The lowest BCUT2D eigenvalue weighted by Gasteiger charge is -2.15. The molecule has 0 saturated carbocycles. The molecule has 1 heterocycles. The van der Waals surface area contributed by atoms with Gasteiger partial charge < -0.3 is 5.32 Å². The predicted octanol–water partition coefficient (Wildman–Crippen LogP) is 2.21. The molecule has 2 rings (SSSR count). The number of amides is 1. The molecule has 1 aromatic rings. The number of terminal acetylenes is 1. The Kier molecular flexibility index (Phi) is 1.87. The standard InChI is InChI=1S/C13H13NO/c1-5-9-7-11-10(6-8(9)2)13(3,4)12(15)14-11/h1,6-7H,2-4H3,(H,14,15). The van der Waals surface area contributed by atoms with Crippen LogP contribution in [0.2, 0.25) is 0 Å². The lowest BCUT2D eigenvalue weighted by atomic mass is 9.85. The Morgan fingerprint density at radius 2 is 2.07 bits per heavy atom. The zero-order valence-electron chi connectivity index (χ0n) is 9.14. The van der Waals surface area contributed by atoms with Crippen molar-refractivity contribution in [2.75, 3.05) is 5.32 Å². The highest BCUT2D eigenvalue weighted by atomic mass is 16.2. The second kappa shape index (κ2) is 2.87. The van der Waals surface area contributed by atoms with Crippen molar-refractivity contribution in [1.82, 2.24) is 0 Å². The van der Waals surface area contributed by atoms with Gasteiger partial charge in [0.15, 0.2) is 0 Å². The molecule has 1 N–H and O–H groups in total. The molecular weight excluding hydrogens is 186 g/mol. The molecular formula is C13H13NO. The first-order chi connectivity index (χ1) is 6.96. The van der Waals surface area contributed by atoms with Gasteiger partial charge >= 0.3 is 0 Å². The van der Waals surface area contributed by atoms with Crippen LogP contribution in [0, 0.1) is 19.3 Å². The van der Waals surface area contributed by atoms with Crippen LogP contribution in [0.25, 0.3) is 0 Å². The average Bonchev–Trinajstić information content (AvgIpc) is 2.39. The summed E-state index contributed by atoms with van der Waals surface area (Å²) in [4.78, 5) is 11.7. The number of fused-ring (bicyclic) bond motifs is 1. The monoisotopic (exact) mass is 199 g/mol. The first-order valence-corrected chi connectivity index (χ1v) is 4.90. The van der Waals surface area contributed by atoms with Gasteiger partial charge in [0.05, 0.1) is 5.41 Å². The van der Waals surface area contributed by atoms with Crippen molar-refractivity contribution < 1.29 is 4.79 Å². The van der Waals surface area contributed by atoms with Gasteiger partial charge in [-0.3, -0.25) is 4.79 Å². The Morgan fingerprint density at radius 1 is 1.40 bits per heavy atom. The summed E-state index contributed by atoms with van der Waals surface area (Å²) in [5, 5.41) is 2.86. The number of hydrogen-bond acceptors (Lipinski definition) is 1. The molecule has 0 aromatic heterocycles. The normalized spacial score (nSPS) is 16.8. The number of nitrogens with one attached hydrogen (secondary N) is 1. The maximum absolute atomic E-state index is 11.7. The quantitative estimate of drug-likeness (QED) is 0.638. The lowest BCUT2D eigenvalue weighted by Crippen LogP contribution is -2.26. The summed E-state index contributed by atoms with van der Waals surface area (Å²) in [5.74, 6) is 2.65. The van der Waals surface area contributed by atoms with E-state index in [-0.39, 0.29) is 5.91 Å². The van der Waals surface area contributed by atoms with Gasteiger partial charge in [-0.1, -0.05) is 12.0 Å². The van der Waals surface area contributed by atoms with E-state index >= 15 is 0 Å². The van der Waals surface area contributed by atoms with Crippen molar-refractivity contribution in [2.24, 2.45) is 0 Å². The first-order valence-electron chi connectivity index (χ1n) is 4.90. The molecule has 2 nitrogen and oxygen atoms in total. The Morgan fingerprint density at radius 3 is 2.67 bits per heavy atom. The Labute approximate surface area is 89.7 Å². The third-order valence-electron chi connectivity index (χ3n) is 3.01. The van der Waals surface area contributed by atoms with Crippen molar-refractivity contribution in [3.05, 3.63) is 28.8 Å². The van der Waals surface area contributed by atoms with Gasteiger partial charge in [-0.25, -0.2) is 0 Å². The zero-order chi connectivity index (χ0) is 11.2. The second-order valence-electron chi connectivity index (χ2n) is 4.44. The number of hydrogen-bond donors (Lipinski definition) is 1. The third kappa shape index (κ3) is 1.24. The summed E-state index contributed by atoms with van der Waals surface area (Å²) < 4.78 is 0. The van der Waals surface area contributed by atoms with Gasteiger partial charge in [-0.05, 0) is 38.0 Å². The molecule has 0 fully saturated rings. The van der Waals surface area contributed by atoms with E-state index in [4.69, 9.17) is 6.42 Å². The minimum Gasteiger partial charge on any atom is -0.325 e. The highest BCUT2D eigenvalue weighted by molar-refractivity contribution is 6.05. The lowest BCUT2D eigenvalue weighted by molar-refractivity contribution is -0.119. The average molecular weight is 199 g/mol. The summed E-state index contributed by atoms with van der Waals surface area (Å²) in [7, 11) is 0. The maximum atomic E-state index is 11.7. The van der Waals surface area contributed by atoms with Crippen LogP contribution >= 0.6 is 0 Å². The van der Waals surface area contributed by atoms with E-state index in [2.05, 4.69) is 11.2 Å². The molecule has 0 aliphatic carbocycles. The van der Waals surface area contributed by atoms with Crippen LogP contribution in [0.1, 0.15) is 30.5 Å². The van der Waals surface area contributed by atoms with E-state index in [1.807, 2.05) is 32.9 Å². The van der Waals surface area contributed by atoms with Crippen molar-refractivity contribution >= 4 is 11.6 Å². The van der Waals surface area contributed by atoms with E-state index < -0.39 is 5.41 Å². The molecule has 1 aliphatic rings. The molecule has 0 radical (unpaired) electrons. The summed E-state index contributed by atoms with van der Waals surface area (Å²) in [5.41, 5.74) is 3.31. The van der Waals surface area contributed by atoms with Crippen molar-refractivity contribution in [1.29, 1.82) is 0 Å². The van der Waals surface area contributed by atoms with Gasteiger partial charge in [0.2, 0.25) is 5.91 Å². The minimum atomic E-state index is -0.451. The fourth-order valence-electron chi connectivity index (χ4n) is 1.88. The van der Waals surface area contributed by atoms with Crippen LogP contribution in [-0.4, -0.2) is 5.91 Å². The molecule has 0 bridgehead atoms. The fourth-order valence-corrected chi connectivity index (χ4v) is 1.88. The predicted molar refractivity (Wildman–Crippen MR) is 60.8 cm³/mol. The molecule has 15 heavy (non-hydrogen) atoms. The van der Waals surface area contributed by atoms with Crippen molar-refractivity contribution in [3.63, 3.8) is 0 Å². The largest absolute Gasteiger partial charge is 0.325 e. The van der Waals surface area contributed by atoms with Crippen LogP contribution in [-0.2, 0) is 10.2 Å². The van der Waals surface area contributed by atoms with Gasteiger partial charge in [0.25, 0.3) is 0 Å². The molecule has 0 unspecified atom stereocenters. The van der Waals surface area contributed by atoms with Gasteiger partial charge in [0.1, 0.15) is 0 Å². The molecule has 76 valence electrons. The summed E-state index contributed by atoms with van der Waals surface area (Å²) in [6, 6.07) is 3.87. The van der Waals surface area contributed by atoms with Gasteiger partial charge in [0, 0.05) is 11.3 Å². The molecule has 1 aromatic carbocycles. The second-order valence-corrected chi connectivity index (χ2v) is 4.44. The van der Waals surface area contributed by atoms with E-state index in [0.717, 1.165) is 22.4 Å². The van der Waals surface area contributed by atoms with Crippen LogP contribution in [0.15, 0.2) is 12.1 Å². The number of carbonyl (C=O) groups excluding carboxylic acids is 1. The van der Waals surface area contributed by atoms with E-state index in [1.165, 1.54) is 0 Å². The molecule has 1 aliphatic heterocycles. The summed E-state index contributed by atoms with van der Waals surface area (Å²) >= 11 is 0. The molecule has 0 atom stereocenters. The van der Waals surface area contributed by atoms with Crippen LogP contribution in [0.4, 0.5) is 5.69 Å². The van der Waals surface area contributed by atoms with Gasteiger partial charge in [-0.2, -0.15) is 0 Å². The van der Waals surface area contributed by atoms with Crippen molar-refractivity contribution in [3.8, 4) is 12.3 Å². The topological polar surface area (TPSA) is 29.1 Å². The number of aryl methyl sites for hydroxylation is 1. The number of carbonyl (C=O) groups is 1. The van der Waals surface area contributed by atoms with Crippen molar-refractivity contribution in [2.45, 2.75) is 26.2 Å². The van der Waals surface area contributed by atoms with E-state index in [0.29, 0.717) is 0 Å². The Bertz CT molecular complexity index is 492. The number of benzene rings is 1. The van der Waals surface area contributed by atoms with Crippen LogP contribution in [0.3, 0.4) is 0 Å². The van der Waals surface area contributed by atoms with Crippen LogP contribution < -0.4 is 5.32 Å². The van der Waals surface area contributed by atoms with Gasteiger partial charge in [-0.15, -0.1) is 6.42 Å². The highest BCUT2D eigenvalue weighted by Crippen LogP contribution is 2.38. The smallest absolute Gasteiger partial charge is 0.234 e. The summed E-state index contributed by atoms with van der Waals surface area (Å²) in [6.07, 6.45) is 5.38.